The van der Waals surface area contributed by atoms with Gasteiger partial charge in [-0.2, -0.15) is 5.10 Å². The van der Waals surface area contributed by atoms with Crippen molar-refractivity contribution in [3.8, 4) is 5.75 Å². The standard InChI is InChI=1S/C36H43N3O4/c1-24(2)21-39(22-25(3)4)23-30(26(5)37-38-32(40)20-27-14-8-6-9-15-27)33(28-16-10-7-11-17-28)34-35(41)29-18-12-13-19-31(29)43-36(34)42/h6-19,24-25,30,33,41H,20-23H2,1-5H3,(H,38,40)/b37-26-/t30-,33+/m1/s1. The molecule has 0 aliphatic carbocycles. The first-order chi connectivity index (χ1) is 20.6. The molecule has 0 aliphatic heterocycles. The predicted molar refractivity (Wildman–Crippen MR) is 173 cm³/mol. The Bertz CT molecular complexity index is 1570. The second-order valence-electron chi connectivity index (χ2n) is 12.1. The molecule has 1 heterocycles. The quantitative estimate of drug-likeness (QED) is 0.105. The predicted octanol–water partition coefficient (Wildman–Crippen LogP) is 6.60. The van der Waals surface area contributed by atoms with E-state index in [0.29, 0.717) is 35.1 Å². The number of carbonyl (C=O) groups excluding carboxylic acids is 1. The molecule has 2 N–H and O–H groups in total. The lowest BCUT2D eigenvalue weighted by atomic mass is 9.78. The lowest BCUT2D eigenvalue weighted by Crippen LogP contribution is -2.41. The maximum atomic E-state index is 13.7. The molecule has 7 nitrogen and oxygen atoms in total. The highest BCUT2D eigenvalue weighted by molar-refractivity contribution is 5.89. The smallest absolute Gasteiger partial charge is 0.343 e. The van der Waals surface area contributed by atoms with Gasteiger partial charge in [-0.15, -0.1) is 0 Å². The number of benzene rings is 3. The molecule has 3 aromatic carbocycles. The van der Waals surface area contributed by atoms with Gasteiger partial charge in [-0.05, 0) is 42.0 Å². The van der Waals surface area contributed by atoms with E-state index in [1.165, 1.54) is 0 Å². The summed E-state index contributed by atoms with van der Waals surface area (Å²) in [6.45, 7) is 12.9. The van der Waals surface area contributed by atoms with E-state index >= 15 is 0 Å². The van der Waals surface area contributed by atoms with Crippen LogP contribution in [0.5, 0.6) is 5.75 Å². The molecule has 0 fully saturated rings. The number of nitrogens with zero attached hydrogens (tertiary/aromatic N) is 2. The van der Waals surface area contributed by atoms with Crippen LogP contribution in [0.2, 0.25) is 0 Å². The summed E-state index contributed by atoms with van der Waals surface area (Å²) in [4.78, 5) is 28.9. The van der Waals surface area contributed by atoms with E-state index in [1.54, 1.807) is 18.2 Å². The van der Waals surface area contributed by atoms with Gasteiger partial charge in [-0.25, -0.2) is 10.2 Å². The topological polar surface area (TPSA) is 95.1 Å². The van der Waals surface area contributed by atoms with Gasteiger partial charge in [0.15, 0.2) is 0 Å². The number of para-hydroxylation sites is 1. The maximum Gasteiger partial charge on any atom is 0.343 e. The Morgan fingerprint density at radius 2 is 1.44 bits per heavy atom. The molecule has 1 amide bonds. The second kappa shape index (κ2) is 14.8. The maximum absolute atomic E-state index is 13.7. The Balaban J connectivity index is 1.83. The van der Waals surface area contributed by atoms with Crippen molar-refractivity contribution in [3.63, 3.8) is 0 Å². The fourth-order valence-electron chi connectivity index (χ4n) is 5.75. The largest absolute Gasteiger partial charge is 0.507 e. The summed E-state index contributed by atoms with van der Waals surface area (Å²) in [6, 6.07) is 26.2. The number of hydrogen-bond donors (Lipinski definition) is 2. The van der Waals surface area contributed by atoms with Crippen molar-refractivity contribution >= 4 is 22.6 Å². The molecule has 0 radical (unpaired) electrons. The molecule has 0 bridgehead atoms. The summed E-state index contributed by atoms with van der Waals surface area (Å²) in [5.74, 6) is -0.445. The zero-order valence-corrected chi connectivity index (χ0v) is 25.8. The molecule has 1 aromatic heterocycles. The minimum Gasteiger partial charge on any atom is -0.507 e. The molecule has 7 heteroatoms. The van der Waals surface area contributed by atoms with Crippen molar-refractivity contribution in [1.29, 1.82) is 0 Å². The van der Waals surface area contributed by atoms with Gasteiger partial charge in [0.1, 0.15) is 11.3 Å². The minimum absolute atomic E-state index is 0.0918. The van der Waals surface area contributed by atoms with Crippen LogP contribution >= 0.6 is 0 Å². The van der Waals surface area contributed by atoms with E-state index < -0.39 is 11.5 Å². The van der Waals surface area contributed by atoms with Gasteiger partial charge in [0.25, 0.3) is 0 Å². The molecule has 43 heavy (non-hydrogen) atoms. The number of nitrogens with one attached hydrogen (secondary N) is 1. The van der Waals surface area contributed by atoms with Gasteiger partial charge >= 0.3 is 5.63 Å². The molecule has 226 valence electrons. The van der Waals surface area contributed by atoms with E-state index in [9.17, 15) is 14.7 Å². The Kier molecular flexibility index (Phi) is 10.9. The molecule has 4 rings (SSSR count). The lowest BCUT2D eigenvalue weighted by Gasteiger charge is -2.34. The second-order valence-corrected chi connectivity index (χ2v) is 12.1. The SMILES string of the molecule is C/C(=N/NC(=O)Cc1ccccc1)[C@@H](CN(CC(C)C)CC(C)C)[C@H](c1ccccc1)c1c(O)c2ccccc2oc1=O. The Hall–Kier alpha value is -4.23. The van der Waals surface area contributed by atoms with Crippen LogP contribution in [0.1, 0.15) is 57.2 Å². The zero-order chi connectivity index (χ0) is 30.9. The van der Waals surface area contributed by atoms with Crippen LogP contribution in [0.3, 0.4) is 0 Å². The lowest BCUT2D eigenvalue weighted by molar-refractivity contribution is -0.120. The third kappa shape index (κ3) is 8.42. The van der Waals surface area contributed by atoms with Gasteiger partial charge in [0.2, 0.25) is 5.91 Å². The van der Waals surface area contributed by atoms with Crippen LogP contribution < -0.4 is 11.1 Å². The Labute approximate surface area is 254 Å². The van der Waals surface area contributed by atoms with Crippen molar-refractivity contribution in [1.82, 2.24) is 10.3 Å². The number of aromatic hydroxyl groups is 1. The monoisotopic (exact) mass is 581 g/mol. The fourth-order valence-corrected chi connectivity index (χ4v) is 5.75. The third-order valence-electron chi connectivity index (χ3n) is 7.49. The molecular weight excluding hydrogens is 538 g/mol. The van der Waals surface area contributed by atoms with E-state index in [1.807, 2.05) is 73.7 Å². The van der Waals surface area contributed by atoms with Crippen molar-refractivity contribution in [2.45, 2.75) is 47.0 Å². The number of hydrazone groups is 1. The van der Waals surface area contributed by atoms with Crippen LogP contribution in [0, 0.1) is 17.8 Å². The van der Waals surface area contributed by atoms with E-state index in [2.05, 4.69) is 43.1 Å². The van der Waals surface area contributed by atoms with Crippen molar-refractivity contribution < 1.29 is 14.3 Å². The van der Waals surface area contributed by atoms with Crippen LogP contribution in [-0.4, -0.2) is 41.3 Å². The van der Waals surface area contributed by atoms with Crippen LogP contribution in [0.15, 0.2) is 99.2 Å². The summed E-state index contributed by atoms with van der Waals surface area (Å²) in [5, 5.41) is 16.7. The van der Waals surface area contributed by atoms with E-state index in [0.717, 1.165) is 24.2 Å². The van der Waals surface area contributed by atoms with Gasteiger partial charge in [-0.3, -0.25) is 4.79 Å². The van der Waals surface area contributed by atoms with Crippen molar-refractivity contribution in [3.05, 3.63) is 112 Å². The van der Waals surface area contributed by atoms with E-state index in [4.69, 9.17) is 4.42 Å². The van der Waals surface area contributed by atoms with Crippen LogP contribution in [0.25, 0.3) is 11.0 Å². The Morgan fingerprint density at radius 1 is 0.860 bits per heavy atom. The summed E-state index contributed by atoms with van der Waals surface area (Å²) >= 11 is 0. The zero-order valence-electron chi connectivity index (χ0n) is 25.8. The van der Waals surface area contributed by atoms with Crippen molar-refractivity contribution in [2.24, 2.45) is 22.9 Å². The van der Waals surface area contributed by atoms with Gasteiger partial charge in [0.05, 0.1) is 17.4 Å². The average molecular weight is 582 g/mol. The molecule has 0 spiro atoms. The third-order valence-corrected chi connectivity index (χ3v) is 7.49. The highest BCUT2D eigenvalue weighted by atomic mass is 16.4. The molecule has 4 aromatic rings. The van der Waals surface area contributed by atoms with Crippen LogP contribution in [-0.2, 0) is 11.2 Å². The normalized spacial score (nSPS) is 13.5. The number of carbonyl (C=O) groups is 1. The fraction of sp³-hybridized carbons (Fsp3) is 0.361. The number of fused-ring (bicyclic) bond motifs is 1. The Morgan fingerprint density at radius 3 is 2.07 bits per heavy atom. The number of amides is 1. The highest BCUT2D eigenvalue weighted by Gasteiger charge is 2.35. The summed E-state index contributed by atoms with van der Waals surface area (Å²) in [5.41, 5.74) is 5.08. The van der Waals surface area contributed by atoms with E-state index in [-0.39, 0.29) is 29.6 Å². The summed E-state index contributed by atoms with van der Waals surface area (Å²) in [6.07, 6.45) is 0.201. The number of rotatable bonds is 13. The molecule has 0 saturated heterocycles. The van der Waals surface area contributed by atoms with Gasteiger partial charge in [-0.1, -0.05) is 100 Å². The first-order valence-corrected chi connectivity index (χ1v) is 15.0. The summed E-state index contributed by atoms with van der Waals surface area (Å²) < 4.78 is 5.77. The average Bonchev–Trinajstić information content (AvgIpc) is 2.97. The van der Waals surface area contributed by atoms with Crippen molar-refractivity contribution in [2.75, 3.05) is 19.6 Å². The number of hydrogen-bond acceptors (Lipinski definition) is 6. The molecule has 0 unspecified atom stereocenters. The van der Waals surface area contributed by atoms with Crippen LogP contribution in [0.4, 0.5) is 0 Å². The van der Waals surface area contributed by atoms with Gasteiger partial charge < -0.3 is 14.4 Å². The minimum atomic E-state index is -0.588. The summed E-state index contributed by atoms with van der Waals surface area (Å²) in [7, 11) is 0. The highest BCUT2D eigenvalue weighted by Crippen LogP contribution is 2.39. The molecule has 0 aliphatic rings. The molecular formula is C36H43N3O4. The first kappa shape index (κ1) is 31.7. The molecule has 0 saturated carbocycles. The molecule has 2 atom stereocenters. The first-order valence-electron chi connectivity index (χ1n) is 15.0. The van der Waals surface area contributed by atoms with Gasteiger partial charge in [0, 0.05) is 37.2 Å².